The molecule has 0 aliphatic heterocycles. The Kier molecular flexibility index (Phi) is 5.51. The number of hydrogen-bond acceptors (Lipinski definition) is 5. The Balaban J connectivity index is 2.05. The molecule has 1 fully saturated rings. The molecule has 0 spiro atoms. The van der Waals surface area contributed by atoms with Crippen molar-refractivity contribution >= 4 is 11.8 Å². The highest BCUT2D eigenvalue weighted by molar-refractivity contribution is 5.83. The minimum Gasteiger partial charge on any atom is -0.476 e. The number of rotatable bonds is 5. The van der Waals surface area contributed by atoms with Gasteiger partial charge in [-0.3, -0.25) is 14.3 Å². The van der Waals surface area contributed by atoms with E-state index >= 15 is 0 Å². The molecule has 0 amide bonds. The molecule has 1 aliphatic carbocycles. The van der Waals surface area contributed by atoms with Crippen LogP contribution in [-0.2, 0) is 27.5 Å². The molecule has 2 rings (SSSR count). The second kappa shape index (κ2) is 7.23. The largest absolute Gasteiger partial charge is 0.476 e. The van der Waals surface area contributed by atoms with Gasteiger partial charge in [0.05, 0.1) is 19.1 Å². The first-order chi connectivity index (χ1) is 11.2. The standard InChI is InChI=1S/C15H19F3N2O4/c1-3-23-14(22)11-5-4-10(21)6-9(11)8-24-13-7-12(15(16,17)18)20(2)19-13/h7,9,11H,3-6,8H2,1-2H3. The lowest BCUT2D eigenvalue weighted by Gasteiger charge is -2.28. The predicted octanol–water partition coefficient (Wildman–Crippen LogP) is 2.37. The first-order valence-corrected chi connectivity index (χ1v) is 7.64. The van der Waals surface area contributed by atoms with Crippen LogP contribution in [0.4, 0.5) is 13.2 Å². The van der Waals surface area contributed by atoms with Crippen molar-refractivity contribution in [2.75, 3.05) is 13.2 Å². The molecule has 0 radical (unpaired) electrons. The molecule has 0 aromatic carbocycles. The normalized spacial score (nSPS) is 21.6. The molecule has 1 aliphatic rings. The van der Waals surface area contributed by atoms with Crippen LogP contribution >= 0.6 is 0 Å². The Hall–Kier alpha value is -2.06. The summed E-state index contributed by atoms with van der Waals surface area (Å²) in [6.45, 7) is 1.85. The molecule has 6 nitrogen and oxygen atoms in total. The summed E-state index contributed by atoms with van der Waals surface area (Å²) >= 11 is 0. The van der Waals surface area contributed by atoms with E-state index in [-0.39, 0.29) is 31.3 Å². The van der Waals surface area contributed by atoms with E-state index in [2.05, 4.69) is 5.10 Å². The first kappa shape index (κ1) is 18.3. The van der Waals surface area contributed by atoms with Gasteiger partial charge in [0.2, 0.25) is 5.88 Å². The van der Waals surface area contributed by atoms with Crippen molar-refractivity contribution in [3.05, 3.63) is 11.8 Å². The van der Waals surface area contributed by atoms with E-state index in [1.54, 1.807) is 6.92 Å². The molecule has 9 heteroatoms. The van der Waals surface area contributed by atoms with Gasteiger partial charge >= 0.3 is 12.1 Å². The number of nitrogens with zero attached hydrogens (tertiary/aromatic N) is 2. The highest BCUT2D eigenvalue weighted by Gasteiger charge is 2.37. The molecule has 2 atom stereocenters. The Morgan fingerprint density at radius 2 is 2.17 bits per heavy atom. The summed E-state index contributed by atoms with van der Waals surface area (Å²) in [5.41, 5.74) is -0.931. The predicted molar refractivity (Wildman–Crippen MR) is 76.2 cm³/mol. The molecule has 1 aromatic heterocycles. The molecule has 0 saturated heterocycles. The summed E-state index contributed by atoms with van der Waals surface area (Å²) < 4.78 is 49.2. The number of carbonyl (C=O) groups is 2. The lowest BCUT2D eigenvalue weighted by molar-refractivity contribution is -0.152. The quantitative estimate of drug-likeness (QED) is 0.764. The monoisotopic (exact) mass is 348 g/mol. The minimum atomic E-state index is -4.53. The average molecular weight is 348 g/mol. The topological polar surface area (TPSA) is 70.4 Å². The Morgan fingerprint density at radius 1 is 1.46 bits per heavy atom. The van der Waals surface area contributed by atoms with Crippen molar-refractivity contribution in [3.8, 4) is 5.88 Å². The third-order valence-electron chi connectivity index (χ3n) is 3.98. The van der Waals surface area contributed by atoms with Gasteiger partial charge < -0.3 is 9.47 Å². The molecule has 1 heterocycles. The number of hydrogen-bond donors (Lipinski definition) is 0. The summed E-state index contributed by atoms with van der Waals surface area (Å²) in [5.74, 6) is -1.52. The van der Waals surface area contributed by atoms with E-state index in [1.165, 1.54) is 7.05 Å². The third-order valence-corrected chi connectivity index (χ3v) is 3.98. The summed E-state index contributed by atoms with van der Waals surface area (Å²) in [7, 11) is 1.17. The van der Waals surface area contributed by atoms with Crippen molar-refractivity contribution in [1.29, 1.82) is 0 Å². The van der Waals surface area contributed by atoms with Gasteiger partial charge in [-0.15, -0.1) is 5.10 Å². The van der Waals surface area contributed by atoms with Gasteiger partial charge in [0.15, 0.2) is 0 Å². The van der Waals surface area contributed by atoms with E-state index in [1.807, 2.05) is 0 Å². The van der Waals surface area contributed by atoms with Crippen LogP contribution in [0.25, 0.3) is 0 Å². The molecule has 134 valence electrons. The second-order valence-electron chi connectivity index (χ2n) is 5.70. The fraction of sp³-hybridized carbons (Fsp3) is 0.667. The van der Waals surface area contributed by atoms with E-state index in [0.717, 1.165) is 6.07 Å². The number of alkyl halides is 3. The van der Waals surface area contributed by atoms with Crippen LogP contribution < -0.4 is 4.74 Å². The first-order valence-electron chi connectivity index (χ1n) is 7.64. The van der Waals surface area contributed by atoms with Crippen molar-refractivity contribution in [2.24, 2.45) is 18.9 Å². The molecule has 24 heavy (non-hydrogen) atoms. The zero-order chi connectivity index (χ0) is 17.9. The van der Waals surface area contributed by atoms with E-state index < -0.39 is 29.7 Å². The van der Waals surface area contributed by atoms with Gasteiger partial charge in [0, 0.05) is 31.9 Å². The maximum absolute atomic E-state index is 12.7. The SMILES string of the molecule is CCOC(=O)C1CCC(=O)CC1COc1cc(C(F)(F)F)n(C)n1. The number of carbonyl (C=O) groups excluding carboxylic acids is 2. The van der Waals surface area contributed by atoms with Gasteiger partial charge in [0.1, 0.15) is 11.5 Å². The van der Waals surface area contributed by atoms with E-state index in [0.29, 0.717) is 17.5 Å². The molecule has 1 aromatic rings. The lowest BCUT2D eigenvalue weighted by Crippen LogP contribution is -2.35. The molecule has 1 saturated carbocycles. The summed E-state index contributed by atoms with van der Waals surface area (Å²) in [5, 5.41) is 3.66. The van der Waals surface area contributed by atoms with Crippen LogP contribution in [0.2, 0.25) is 0 Å². The number of aromatic nitrogens is 2. The van der Waals surface area contributed by atoms with Gasteiger partial charge in [-0.05, 0) is 13.3 Å². The van der Waals surface area contributed by atoms with Crippen LogP contribution in [0.1, 0.15) is 31.9 Å². The van der Waals surface area contributed by atoms with Gasteiger partial charge in [0.25, 0.3) is 0 Å². The smallest absolute Gasteiger partial charge is 0.433 e. The van der Waals surface area contributed by atoms with Crippen molar-refractivity contribution in [2.45, 2.75) is 32.4 Å². The van der Waals surface area contributed by atoms with Crippen LogP contribution in [0, 0.1) is 11.8 Å². The van der Waals surface area contributed by atoms with Crippen LogP contribution in [-0.4, -0.2) is 34.7 Å². The molecular weight excluding hydrogens is 329 g/mol. The summed E-state index contributed by atoms with van der Waals surface area (Å²) in [6, 6.07) is 0.796. The maximum Gasteiger partial charge on any atom is 0.433 e. The number of ketones is 1. The Bertz CT molecular complexity index is 612. The van der Waals surface area contributed by atoms with Crippen molar-refractivity contribution in [3.63, 3.8) is 0 Å². The number of halogens is 3. The molecule has 0 N–H and O–H groups in total. The van der Waals surface area contributed by atoms with Crippen molar-refractivity contribution in [1.82, 2.24) is 9.78 Å². The van der Waals surface area contributed by atoms with E-state index in [9.17, 15) is 22.8 Å². The average Bonchev–Trinajstić information content (AvgIpc) is 2.86. The fourth-order valence-electron chi connectivity index (χ4n) is 2.79. The third kappa shape index (κ3) is 4.27. The van der Waals surface area contributed by atoms with Crippen LogP contribution in [0.3, 0.4) is 0 Å². The lowest BCUT2D eigenvalue weighted by atomic mass is 9.79. The summed E-state index contributed by atoms with van der Waals surface area (Å²) in [4.78, 5) is 23.6. The van der Waals surface area contributed by atoms with Crippen LogP contribution in [0.5, 0.6) is 5.88 Å². The van der Waals surface area contributed by atoms with Gasteiger partial charge in [-0.2, -0.15) is 13.2 Å². The van der Waals surface area contributed by atoms with Gasteiger partial charge in [-0.1, -0.05) is 0 Å². The van der Waals surface area contributed by atoms with Crippen LogP contribution in [0.15, 0.2) is 6.07 Å². The fourth-order valence-corrected chi connectivity index (χ4v) is 2.79. The zero-order valence-corrected chi connectivity index (χ0v) is 13.4. The highest BCUT2D eigenvalue weighted by atomic mass is 19.4. The number of esters is 1. The number of ether oxygens (including phenoxy) is 2. The molecule has 2 unspecified atom stereocenters. The molecule has 0 bridgehead atoms. The minimum absolute atomic E-state index is 0.00106. The molecular formula is C15H19F3N2O4. The van der Waals surface area contributed by atoms with Crippen molar-refractivity contribution < 1.29 is 32.2 Å². The number of Topliss-reactive ketones (excluding diaryl/α,β-unsaturated/α-hetero) is 1. The Labute approximate surface area is 136 Å². The van der Waals surface area contributed by atoms with Gasteiger partial charge in [-0.25, -0.2) is 0 Å². The highest BCUT2D eigenvalue weighted by Crippen LogP contribution is 2.33. The summed E-state index contributed by atoms with van der Waals surface area (Å²) in [6.07, 6.45) is -3.73. The zero-order valence-electron chi connectivity index (χ0n) is 13.4. The van der Waals surface area contributed by atoms with E-state index in [4.69, 9.17) is 9.47 Å². The second-order valence-corrected chi connectivity index (χ2v) is 5.70. The maximum atomic E-state index is 12.7. The Morgan fingerprint density at radius 3 is 2.75 bits per heavy atom. The number of aryl methyl sites for hydroxylation is 1.